The molecule has 2 heterocycles. The van der Waals surface area contributed by atoms with Crippen molar-refractivity contribution < 1.29 is 9.53 Å². The Kier molecular flexibility index (Phi) is 6.64. The molecule has 5 nitrogen and oxygen atoms in total. The Morgan fingerprint density at radius 3 is 2.79 bits per heavy atom. The highest BCUT2D eigenvalue weighted by atomic mass is 79.9. The topological polar surface area (TPSA) is 61.2 Å². The molecule has 0 N–H and O–H groups in total. The minimum Gasteiger partial charge on any atom is -0.496 e. The normalized spacial score (nSPS) is 15.3. The molecule has 34 heavy (non-hydrogen) atoms. The van der Waals surface area contributed by atoms with Crippen molar-refractivity contribution in [2.45, 2.75) is 31.3 Å². The fourth-order valence-corrected chi connectivity index (χ4v) is 7.20. The Morgan fingerprint density at radius 1 is 1.26 bits per heavy atom. The number of para-hydroxylation sites is 1. The van der Waals surface area contributed by atoms with Crippen LogP contribution in [0.5, 0.6) is 5.75 Å². The van der Waals surface area contributed by atoms with Gasteiger partial charge in [0.05, 0.1) is 28.4 Å². The number of ketones is 1. The molecule has 0 aliphatic heterocycles. The van der Waals surface area contributed by atoms with Gasteiger partial charge in [-0.05, 0) is 77.0 Å². The first kappa shape index (κ1) is 23.3. The molecule has 5 rings (SSSR count). The van der Waals surface area contributed by atoms with Crippen LogP contribution in [0.2, 0.25) is 0 Å². The zero-order valence-corrected chi connectivity index (χ0v) is 22.1. The van der Waals surface area contributed by atoms with Crippen LogP contribution in [0.15, 0.2) is 63.0 Å². The average Bonchev–Trinajstić information content (AvgIpc) is 3.20. The Labute approximate surface area is 214 Å². The van der Waals surface area contributed by atoms with E-state index in [1.807, 2.05) is 30.3 Å². The van der Waals surface area contributed by atoms with Crippen LogP contribution in [0.3, 0.4) is 0 Å². The summed E-state index contributed by atoms with van der Waals surface area (Å²) >= 11 is 6.37. The third kappa shape index (κ3) is 4.34. The monoisotopic (exact) mass is 554 g/mol. The minimum atomic E-state index is -0.0506. The van der Waals surface area contributed by atoms with Crippen LogP contribution in [0.25, 0.3) is 15.9 Å². The average molecular weight is 556 g/mol. The number of nitrogens with zero attached hydrogens (tertiary/aromatic N) is 2. The number of fused-ring (bicyclic) bond motifs is 3. The number of hydrogen-bond acceptors (Lipinski definition) is 6. The second-order valence-electron chi connectivity index (χ2n) is 8.46. The maximum atomic E-state index is 13.8. The highest BCUT2D eigenvalue weighted by Gasteiger charge is 2.25. The maximum Gasteiger partial charge on any atom is 0.267 e. The van der Waals surface area contributed by atoms with Crippen LogP contribution in [-0.2, 0) is 12.8 Å². The SMILES string of the molecule is COc1ccc(C(=O)CSc2nc3sc4c(c3c(=O)n2-c2ccccc2)CCC(C)C4)cc1Br. The number of Topliss-reactive ketones (excluding diaryl/α,β-unsaturated/α-hetero) is 1. The number of aryl methyl sites for hydroxylation is 1. The van der Waals surface area contributed by atoms with E-state index in [9.17, 15) is 9.59 Å². The van der Waals surface area contributed by atoms with E-state index in [2.05, 4.69) is 22.9 Å². The number of methoxy groups -OCH3 is 1. The van der Waals surface area contributed by atoms with Crippen molar-refractivity contribution in [1.29, 1.82) is 0 Å². The molecule has 0 fully saturated rings. The van der Waals surface area contributed by atoms with Gasteiger partial charge in [-0.25, -0.2) is 4.98 Å². The standard InChI is InChI=1S/C26H23BrN2O3S2/c1-15-8-10-18-22(12-15)34-24-23(18)25(31)29(17-6-4-3-5-7-17)26(28-24)33-14-20(30)16-9-11-21(32-2)19(27)13-16/h3-7,9,11,13,15H,8,10,12,14H2,1-2H3. The van der Waals surface area contributed by atoms with Crippen LogP contribution >= 0.6 is 39.0 Å². The minimum absolute atomic E-state index is 0.0402. The first-order valence-corrected chi connectivity index (χ1v) is 13.7. The van der Waals surface area contributed by atoms with Crippen LogP contribution in [-0.4, -0.2) is 28.2 Å². The molecule has 0 saturated carbocycles. The lowest BCUT2D eigenvalue weighted by Gasteiger charge is -2.17. The lowest BCUT2D eigenvalue weighted by atomic mass is 9.89. The van der Waals surface area contributed by atoms with Gasteiger partial charge in [0.25, 0.3) is 5.56 Å². The van der Waals surface area contributed by atoms with Gasteiger partial charge in [-0.15, -0.1) is 11.3 Å². The van der Waals surface area contributed by atoms with E-state index in [4.69, 9.17) is 9.72 Å². The molecule has 8 heteroatoms. The van der Waals surface area contributed by atoms with Gasteiger partial charge in [-0.2, -0.15) is 0 Å². The van der Waals surface area contributed by atoms with Gasteiger partial charge in [0, 0.05) is 10.4 Å². The van der Waals surface area contributed by atoms with E-state index >= 15 is 0 Å². The summed E-state index contributed by atoms with van der Waals surface area (Å²) in [5.74, 6) is 1.42. The van der Waals surface area contributed by atoms with E-state index < -0.39 is 0 Å². The number of benzene rings is 2. The molecule has 1 atom stereocenters. The summed E-state index contributed by atoms with van der Waals surface area (Å²) in [5, 5.41) is 1.28. The van der Waals surface area contributed by atoms with E-state index in [1.54, 1.807) is 41.2 Å². The second-order valence-corrected chi connectivity index (χ2v) is 11.3. The quantitative estimate of drug-likeness (QED) is 0.158. The molecule has 0 spiro atoms. The summed E-state index contributed by atoms with van der Waals surface area (Å²) in [7, 11) is 1.59. The van der Waals surface area contributed by atoms with E-state index in [0.717, 1.165) is 45.2 Å². The number of thiophene rings is 1. The fourth-order valence-electron chi connectivity index (χ4n) is 4.33. The maximum absolute atomic E-state index is 13.8. The van der Waals surface area contributed by atoms with Crippen molar-refractivity contribution in [3.05, 3.63) is 79.4 Å². The van der Waals surface area contributed by atoms with Crippen LogP contribution in [0.4, 0.5) is 0 Å². The van der Waals surface area contributed by atoms with Gasteiger partial charge in [0.15, 0.2) is 10.9 Å². The van der Waals surface area contributed by atoms with Gasteiger partial charge in [-0.1, -0.05) is 36.9 Å². The van der Waals surface area contributed by atoms with Crippen LogP contribution in [0, 0.1) is 5.92 Å². The Bertz CT molecular complexity index is 1450. The number of ether oxygens (including phenoxy) is 1. The number of aromatic nitrogens is 2. The third-order valence-corrected chi connectivity index (χ3v) is 8.83. The summed E-state index contributed by atoms with van der Waals surface area (Å²) in [6.45, 7) is 2.26. The van der Waals surface area contributed by atoms with Gasteiger partial charge in [0.2, 0.25) is 0 Å². The third-order valence-electron chi connectivity index (χ3n) is 6.12. The van der Waals surface area contributed by atoms with E-state index in [0.29, 0.717) is 22.4 Å². The summed E-state index contributed by atoms with van der Waals surface area (Å²) in [5.41, 5.74) is 2.45. The van der Waals surface area contributed by atoms with Crippen molar-refractivity contribution in [1.82, 2.24) is 9.55 Å². The zero-order valence-electron chi connectivity index (χ0n) is 18.8. The number of halogens is 1. The largest absolute Gasteiger partial charge is 0.496 e. The molecule has 1 unspecified atom stereocenters. The molecule has 0 saturated heterocycles. The zero-order chi connectivity index (χ0) is 23.8. The Balaban J connectivity index is 1.55. The number of carbonyl (C=O) groups excluding carboxylic acids is 1. The van der Waals surface area contributed by atoms with Crippen molar-refractivity contribution in [3.63, 3.8) is 0 Å². The highest BCUT2D eigenvalue weighted by molar-refractivity contribution is 9.10. The van der Waals surface area contributed by atoms with Gasteiger partial charge >= 0.3 is 0 Å². The molecule has 2 aromatic heterocycles. The molecule has 174 valence electrons. The van der Waals surface area contributed by atoms with Crippen LogP contribution in [0.1, 0.15) is 34.1 Å². The van der Waals surface area contributed by atoms with Crippen LogP contribution < -0.4 is 10.3 Å². The lowest BCUT2D eigenvalue weighted by molar-refractivity contribution is 0.102. The summed E-state index contributed by atoms with van der Waals surface area (Å²) < 4.78 is 7.65. The van der Waals surface area contributed by atoms with Gasteiger partial charge in [0.1, 0.15) is 10.6 Å². The fraction of sp³-hybridized carbons (Fsp3) is 0.269. The molecule has 0 amide bonds. The molecule has 0 radical (unpaired) electrons. The number of thioether (sulfide) groups is 1. The molecule has 4 aromatic rings. The van der Waals surface area contributed by atoms with Crippen molar-refractivity contribution >= 4 is 55.0 Å². The molecule has 1 aliphatic rings. The number of rotatable bonds is 6. The lowest BCUT2D eigenvalue weighted by Crippen LogP contribution is -2.23. The summed E-state index contributed by atoms with van der Waals surface area (Å²) in [6, 6.07) is 14.8. The summed E-state index contributed by atoms with van der Waals surface area (Å²) in [4.78, 5) is 33.7. The van der Waals surface area contributed by atoms with Gasteiger partial charge < -0.3 is 4.74 Å². The number of carbonyl (C=O) groups is 1. The molecular weight excluding hydrogens is 532 g/mol. The van der Waals surface area contributed by atoms with Crippen molar-refractivity contribution in [3.8, 4) is 11.4 Å². The smallest absolute Gasteiger partial charge is 0.267 e. The molecule has 1 aliphatic carbocycles. The highest BCUT2D eigenvalue weighted by Crippen LogP contribution is 2.37. The van der Waals surface area contributed by atoms with Crippen molar-refractivity contribution in [2.24, 2.45) is 5.92 Å². The molecule has 2 aromatic carbocycles. The Morgan fingerprint density at radius 2 is 2.06 bits per heavy atom. The van der Waals surface area contributed by atoms with E-state index in [-0.39, 0.29) is 17.1 Å². The first-order valence-electron chi connectivity index (χ1n) is 11.1. The van der Waals surface area contributed by atoms with E-state index in [1.165, 1.54) is 16.6 Å². The number of hydrogen-bond donors (Lipinski definition) is 0. The molecular formula is C26H23BrN2O3S2. The Hall–Kier alpha value is -2.42. The summed E-state index contributed by atoms with van der Waals surface area (Å²) in [6.07, 6.45) is 3.00. The molecule has 0 bridgehead atoms. The predicted octanol–water partition coefficient (Wildman–Crippen LogP) is 6.32. The first-order chi connectivity index (χ1) is 16.5. The van der Waals surface area contributed by atoms with Crippen molar-refractivity contribution in [2.75, 3.05) is 12.9 Å². The second kappa shape index (κ2) is 9.68. The predicted molar refractivity (Wildman–Crippen MR) is 142 cm³/mol. The van der Waals surface area contributed by atoms with Gasteiger partial charge in [-0.3, -0.25) is 14.2 Å².